The molecule has 3 fully saturated rings. The average Bonchev–Trinajstić information content (AvgIpc) is 3.19. The highest BCUT2D eigenvalue weighted by Crippen LogP contribution is 2.42. The second-order valence-electron chi connectivity index (χ2n) is 7.76. The monoisotopic (exact) mass is 400 g/mol. The van der Waals surface area contributed by atoms with Crippen LogP contribution in [0.1, 0.15) is 27.7 Å². The van der Waals surface area contributed by atoms with E-state index in [1.807, 2.05) is 0 Å². The van der Waals surface area contributed by atoms with Crippen molar-refractivity contribution < 1.29 is 36.3 Å². The van der Waals surface area contributed by atoms with Crippen molar-refractivity contribution in [2.24, 2.45) is 0 Å². The summed E-state index contributed by atoms with van der Waals surface area (Å²) in [6.07, 6.45) is -3.58. The second kappa shape index (κ2) is 6.48. The quantitative estimate of drug-likeness (QED) is 0.707. The lowest BCUT2D eigenvalue weighted by Crippen LogP contribution is -2.45. The third-order valence-electron chi connectivity index (χ3n) is 4.69. The number of benzene rings is 1. The number of hydrogen-bond acceptors (Lipinski definition) is 8. The molecule has 4 rings (SSSR count). The summed E-state index contributed by atoms with van der Waals surface area (Å²) in [5, 5.41) is 0. The molecule has 0 radical (unpaired) electrons. The summed E-state index contributed by atoms with van der Waals surface area (Å²) in [5.41, 5.74) is 0. The van der Waals surface area contributed by atoms with Gasteiger partial charge in [0.2, 0.25) is 0 Å². The number of rotatable bonds is 4. The molecule has 27 heavy (non-hydrogen) atoms. The zero-order valence-electron chi connectivity index (χ0n) is 15.7. The maximum atomic E-state index is 12.8. The Kier molecular flexibility index (Phi) is 4.62. The smallest absolute Gasteiger partial charge is 0.297 e. The van der Waals surface area contributed by atoms with Crippen molar-refractivity contribution in [2.45, 2.75) is 74.9 Å². The lowest BCUT2D eigenvalue weighted by molar-refractivity contribution is -0.230. The first-order valence-electron chi connectivity index (χ1n) is 8.88. The van der Waals surface area contributed by atoms with Crippen LogP contribution in [-0.2, 0) is 38.0 Å². The molecule has 150 valence electrons. The molecule has 3 heterocycles. The van der Waals surface area contributed by atoms with E-state index in [9.17, 15) is 8.42 Å². The van der Waals surface area contributed by atoms with E-state index in [1.54, 1.807) is 45.9 Å². The lowest BCUT2D eigenvalue weighted by atomic mass is 10.1. The Labute approximate surface area is 158 Å². The highest BCUT2D eigenvalue weighted by Gasteiger charge is 2.60. The van der Waals surface area contributed by atoms with Crippen LogP contribution in [0.4, 0.5) is 0 Å². The highest BCUT2D eigenvalue weighted by molar-refractivity contribution is 7.86. The van der Waals surface area contributed by atoms with Crippen LogP contribution in [0.15, 0.2) is 35.2 Å². The van der Waals surface area contributed by atoms with Gasteiger partial charge in [0.25, 0.3) is 10.1 Å². The molecule has 3 saturated heterocycles. The first kappa shape index (κ1) is 19.3. The SMILES string of the molecule is CC1(C)O[C@@H]2O[C@@H]([C@H]3COC(C)(C)O3)[C@H](OS(=O)(=O)c3ccccc3)[C@H]2O1. The Bertz CT molecular complexity index is 791. The molecule has 1 aromatic carbocycles. The maximum absolute atomic E-state index is 12.8. The van der Waals surface area contributed by atoms with E-state index >= 15 is 0 Å². The molecule has 3 aliphatic rings. The Hall–Kier alpha value is -1.07. The van der Waals surface area contributed by atoms with E-state index in [0.29, 0.717) is 0 Å². The van der Waals surface area contributed by atoms with E-state index in [-0.39, 0.29) is 11.5 Å². The minimum atomic E-state index is -4.02. The van der Waals surface area contributed by atoms with Gasteiger partial charge in [-0.25, -0.2) is 0 Å². The summed E-state index contributed by atoms with van der Waals surface area (Å²) >= 11 is 0. The fraction of sp³-hybridized carbons (Fsp3) is 0.667. The molecule has 3 aliphatic heterocycles. The molecule has 0 aromatic heterocycles. The number of fused-ring (bicyclic) bond motifs is 1. The second-order valence-corrected chi connectivity index (χ2v) is 9.34. The molecule has 0 aliphatic carbocycles. The summed E-state index contributed by atoms with van der Waals surface area (Å²) in [7, 11) is -4.02. The van der Waals surface area contributed by atoms with Crippen LogP contribution >= 0.6 is 0 Å². The fourth-order valence-electron chi connectivity index (χ4n) is 3.58. The molecule has 1 aromatic rings. The Morgan fingerprint density at radius 1 is 0.963 bits per heavy atom. The van der Waals surface area contributed by atoms with Crippen LogP contribution in [0.3, 0.4) is 0 Å². The molecule has 0 saturated carbocycles. The normalized spacial score (nSPS) is 37.4. The minimum absolute atomic E-state index is 0.0642. The van der Waals surface area contributed by atoms with Gasteiger partial charge in [-0.3, -0.25) is 4.18 Å². The van der Waals surface area contributed by atoms with Crippen LogP contribution in [0, 0.1) is 0 Å². The molecular formula is C18H24O8S. The predicted octanol–water partition coefficient (Wildman–Crippen LogP) is 1.79. The summed E-state index contributed by atoms with van der Waals surface area (Å²) in [4.78, 5) is 0.0642. The third kappa shape index (κ3) is 3.77. The zero-order valence-corrected chi connectivity index (χ0v) is 16.5. The summed E-state index contributed by atoms with van der Waals surface area (Å²) in [6, 6.07) is 7.96. The molecule has 9 heteroatoms. The minimum Gasteiger partial charge on any atom is -0.348 e. The first-order valence-corrected chi connectivity index (χ1v) is 10.3. The highest BCUT2D eigenvalue weighted by atomic mass is 32.2. The summed E-state index contributed by atoms with van der Waals surface area (Å²) in [6.45, 7) is 7.31. The molecule has 0 unspecified atom stereocenters. The van der Waals surface area contributed by atoms with Gasteiger partial charge < -0.3 is 23.7 Å². The van der Waals surface area contributed by atoms with Gasteiger partial charge >= 0.3 is 0 Å². The van der Waals surface area contributed by atoms with Gasteiger partial charge in [0.1, 0.15) is 24.4 Å². The molecule has 0 bridgehead atoms. The van der Waals surface area contributed by atoms with E-state index in [2.05, 4.69) is 0 Å². The Morgan fingerprint density at radius 3 is 2.30 bits per heavy atom. The maximum Gasteiger partial charge on any atom is 0.297 e. The topological polar surface area (TPSA) is 89.5 Å². The van der Waals surface area contributed by atoms with E-state index in [1.165, 1.54) is 12.1 Å². The van der Waals surface area contributed by atoms with Crippen molar-refractivity contribution in [3.8, 4) is 0 Å². The summed E-state index contributed by atoms with van der Waals surface area (Å²) < 4.78 is 60.2. The third-order valence-corrected chi connectivity index (χ3v) is 6.02. The fourth-order valence-corrected chi connectivity index (χ4v) is 4.69. The van der Waals surface area contributed by atoms with Crippen LogP contribution < -0.4 is 0 Å². The van der Waals surface area contributed by atoms with Crippen LogP contribution in [-0.4, -0.2) is 57.3 Å². The van der Waals surface area contributed by atoms with Crippen molar-refractivity contribution in [3.05, 3.63) is 30.3 Å². The Balaban J connectivity index is 1.61. The van der Waals surface area contributed by atoms with Crippen molar-refractivity contribution in [3.63, 3.8) is 0 Å². The van der Waals surface area contributed by atoms with Crippen molar-refractivity contribution in [2.75, 3.05) is 6.61 Å². The van der Waals surface area contributed by atoms with Gasteiger partial charge in [0.15, 0.2) is 17.9 Å². The van der Waals surface area contributed by atoms with Gasteiger partial charge in [-0.2, -0.15) is 8.42 Å². The zero-order chi connectivity index (χ0) is 19.4. The van der Waals surface area contributed by atoms with Crippen molar-refractivity contribution in [1.29, 1.82) is 0 Å². The summed E-state index contributed by atoms with van der Waals surface area (Å²) in [5.74, 6) is -1.68. The van der Waals surface area contributed by atoms with Crippen LogP contribution in [0.2, 0.25) is 0 Å². The van der Waals surface area contributed by atoms with Gasteiger partial charge in [0, 0.05) is 0 Å². The average molecular weight is 400 g/mol. The van der Waals surface area contributed by atoms with E-state index in [4.69, 9.17) is 27.9 Å². The largest absolute Gasteiger partial charge is 0.348 e. The number of hydrogen-bond donors (Lipinski definition) is 0. The standard InChI is InChI=1S/C18H24O8S/c1-17(2)21-10-12(23-17)13-14(15-16(22-13)25-18(3,4)24-15)26-27(19,20)11-8-6-5-7-9-11/h5-9,12-16H,10H2,1-4H3/t12-,13+,14+,15-,16+/m1/s1. The molecule has 0 amide bonds. The lowest BCUT2D eigenvalue weighted by Gasteiger charge is -2.28. The molecule has 0 spiro atoms. The van der Waals surface area contributed by atoms with Crippen molar-refractivity contribution >= 4 is 10.1 Å². The van der Waals surface area contributed by atoms with Gasteiger partial charge in [0.05, 0.1) is 11.5 Å². The Morgan fingerprint density at radius 2 is 1.67 bits per heavy atom. The molecular weight excluding hydrogens is 376 g/mol. The predicted molar refractivity (Wildman–Crippen MR) is 92.1 cm³/mol. The van der Waals surface area contributed by atoms with Crippen molar-refractivity contribution in [1.82, 2.24) is 0 Å². The molecule has 0 N–H and O–H groups in total. The van der Waals surface area contributed by atoms with E-state index < -0.39 is 52.4 Å². The van der Waals surface area contributed by atoms with Crippen LogP contribution in [0.5, 0.6) is 0 Å². The van der Waals surface area contributed by atoms with E-state index in [0.717, 1.165) is 0 Å². The number of ether oxygens (including phenoxy) is 5. The van der Waals surface area contributed by atoms with Gasteiger partial charge in [-0.15, -0.1) is 0 Å². The van der Waals surface area contributed by atoms with Crippen LogP contribution in [0.25, 0.3) is 0 Å². The molecule has 5 atom stereocenters. The van der Waals surface area contributed by atoms with Gasteiger partial charge in [-0.05, 0) is 39.8 Å². The molecule has 8 nitrogen and oxygen atoms in total. The van der Waals surface area contributed by atoms with Gasteiger partial charge in [-0.1, -0.05) is 18.2 Å². The first-order chi connectivity index (χ1) is 12.6.